The summed E-state index contributed by atoms with van der Waals surface area (Å²) < 4.78 is 0. The van der Waals surface area contributed by atoms with E-state index in [0.717, 1.165) is 18.1 Å². The van der Waals surface area contributed by atoms with E-state index < -0.39 is 0 Å². The maximum absolute atomic E-state index is 12.2. The van der Waals surface area contributed by atoms with Crippen LogP contribution in [0.15, 0.2) is 0 Å². The number of hydrogen-bond donors (Lipinski definition) is 0. The molecule has 0 N–H and O–H groups in total. The van der Waals surface area contributed by atoms with Crippen LogP contribution in [0.1, 0.15) is 58.8 Å². The minimum absolute atomic E-state index is 0.390. The Hall–Kier alpha value is 0.170. The molecule has 104 valence electrons. The zero-order valence-corrected chi connectivity index (χ0v) is 13.2. The third-order valence-electron chi connectivity index (χ3n) is 4.13. The molecular weight excluding hydrogens is 262 g/mol. The van der Waals surface area contributed by atoms with Gasteiger partial charge in [-0.3, -0.25) is 4.79 Å². The smallest absolute Gasteiger partial charge is 0.223 e. The molecule has 0 spiro atoms. The number of unbranched alkanes of at least 4 members (excludes halogenated alkanes) is 1. The molecule has 2 fully saturated rings. The molecule has 0 aliphatic carbocycles. The molecule has 2 rings (SSSR count). The molecular formula is C14H25NOS2. The van der Waals surface area contributed by atoms with E-state index in [1.807, 2.05) is 21.6 Å². The average molecular weight is 287 g/mol. The van der Waals surface area contributed by atoms with E-state index >= 15 is 0 Å². The molecule has 2 aliphatic rings. The summed E-state index contributed by atoms with van der Waals surface area (Å²) in [6, 6.07) is 0.934. The molecule has 2 aliphatic heterocycles. The quantitative estimate of drug-likeness (QED) is 0.561. The van der Waals surface area contributed by atoms with Gasteiger partial charge in [-0.1, -0.05) is 28.0 Å². The predicted octanol–water partition coefficient (Wildman–Crippen LogP) is 4.10. The van der Waals surface area contributed by atoms with Crippen molar-refractivity contribution in [3.8, 4) is 0 Å². The van der Waals surface area contributed by atoms with Crippen LogP contribution in [0, 0.1) is 0 Å². The SMILES string of the molecule is C[C@@H]1CC[C@H](C)N1C(=O)CCCC[C@@H]1CCSS1. The summed E-state index contributed by atoms with van der Waals surface area (Å²) in [6.07, 6.45) is 8.10. The number of hydrogen-bond acceptors (Lipinski definition) is 3. The molecule has 4 heteroatoms. The van der Waals surface area contributed by atoms with Gasteiger partial charge in [0, 0.05) is 29.5 Å². The lowest BCUT2D eigenvalue weighted by molar-refractivity contribution is -0.133. The number of nitrogens with zero attached hydrogens (tertiary/aromatic N) is 1. The number of carbonyl (C=O) groups excluding carboxylic acids is 1. The topological polar surface area (TPSA) is 20.3 Å². The molecule has 0 aromatic heterocycles. The van der Waals surface area contributed by atoms with E-state index in [9.17, 15) is 4.79 Å². The van der Waals surface area contributed by atoms with Crippen molar-refractivity contribution in [2.75, 3.05) is 5.75 Å². The van der Waals surface area contributed by atoms with E-state index in [2.05, 4.69) is 18.7 Å². The maximum atomic E-state index is 12.2. The molecule has 2 heterocycles. The predicted molar refractivity (Wildman–Crippen MR) is 81.9 cm³/mol. The Kier molecular flexibility index (Phi) is 5.74. The van der Waals surface area contributed by atoms with Gasteiger partial charge >= 0.3 is 0 Å². The van der Waals surface area contributed by atoms with Crippen molar-refractivity contribution in [3.63, 3.8) is 0 Å². The first-order chi connectivity index (χ1) is 8.68. The van der Waals surface area contributed by atoms with Gasteiger partial charge in [-0.25, -0.2) is 0 Å². The Morgan fingerprint density at radius 1 is 1.17 bits per heavy atom. The first-order valence-corrected chi connectivity index (χ1v) is 9.66. The summed E-state index contributed by atoms with van der Waals surface area (Å²) >= 11 is 0. The van der Waals surface area contributed by atoms with Gasteiger partial charge in [0.05, 0.1) is 0 Å². The molecule has 0 saturated carbocycles. The van der Waals surface area contributed by atoms with Crippen molar-refractivity contribution in [1.82, 2.24) is 4.90 Å². The Morgan fingerprint density at radius 2 is 1.89 bits per heavy atom. The van der Waals surface area contributed by atoms with Crippen molar-refractivity contribution < 1.29 is 4.79 Å². The lowest BCUT2D eigenvalue weighted by atomic mass is 10.1. The second kappa shape index (κ2) is 7.09. The number of carbonyl (C=O) groups is 1. The second-order valence-electron chi connectivity index (χ2n) is 5.65. The summed E-state index contributed by atoms with van der Waals surface area (Å²) in [5.74, 6) is 1.71. The van der Waals surface area contributed by atoms with Gasteiger partial charge in [-0.2, -0.15) is 0 Å². The van der Waals surface area contributed by atoms with Crippen LogP contribution in [0.2, 0.25) is 0 Å². The van der Waals surface area contributed by atoms with E-state index in [1.54, 1.807) is 0 Å². The van der Waals surface area contributed by atoms with Gasteiger partial charge in [-0.15, -0.1) is 0 Å². The maximum Gasteiger partial charge on any atom is 0.223 e. The summed E-state index contributed by atoms with van der Waals surface area (Å²) in [7, 11) is 4.06. The Balaban J connectivity index is 1.62. The standard InChI is InChI=1S/C14H25NOS2/c1-11-7-8-12(2)15(11)14(16)6-4-3-5-13-9-10-17-18-13/h11-13H,3-10H2,1-2H3/t11-,12+,13-/m1/s1. The van der Waals surface area contributed by atoms with Gasteiger partial charge in [0.2, 0.25) is 5.91 Å². The van der Waals surface area contributed by atoms with Gasteiger partial charge in [0.1, 0.15) is 0 Å². The van der Waals surface area contributed by atoms with Crippen LogP contribution in [-0.2, 0) is 4.79 Å². The normalized spacial score (nSPS) is 32.1. The monoisotopic (exact) mass is 287 g/mol. The summed E-state index contributed by atoms with van der Waals surface area (Å²) in [5, 5.41) is 0.856. The van der Waals surface area contributed by atoms with Crippen molar-refractivity contribution in [3.05, 3.63) is 0 Å². The highest BCUT2D eigenvalue weighted by atomic mass is 33.1. The van der Waals surface area contributed by atoms with Crippen LogP contribution in [0.25, 0.3) is 0 Å². The fourth-order valence-electron chi connectivity index (χ4n) is 3.03. The van der Waals surface area contributed by atoms with Crippen molar-refractivity contribution in [2.45, 2.75) is 76.1 Å². The molecule has 2 nitrogen and oxygen atoms in total. The lowest BCUT2D eigenvalue weighted by Crippen LogP contribution is -2.38. The zero-order valence-electron chi connectivity index (χ0n) is 11.6. The van der Waals surface area contributed by atoms with Crippen LogP contribution in [-0.4, -0.2) is 33.9 Å². The molecule has 18 heavy (non-hydrogen) atoms. The summed E-state index contributed by atoms with van der Waals surface area (Å²) in [6.45, 7) is 4.38. The highest BCUT2D eigenvalue weighted by Gasteiger charge is 2.30. The van der Waals surface area contributed by atoms with Crippen molar-refractivity contribution in [2.24, 2.45) is 0 Å². The third-order valence-corrected chi connectivity index (χ3v) is 7.14. The van der Waals surface area contributed by atoms with E-state index in [0.29, 0.717) is 18.0 Å². The Bertz CT molecular complexity index is 269. The minimum atomic E-state index is 0.390. The molecule has 0 bridgehead atoms. The molecule has 0 radical (unpaired) electrons. The van der Waals surface area contributed by atoms with Gasteiger partial charge in [0.15, 0.2) is 0 Å². The van der Waals surface area contributed by atoms with E-state index in [4.69, 9.17) is 0 Å². The first-order valence-electron chi connectivity index (χ1n) is 7.28. The zero-order chi connectivity index (χ0) is 13.0. The molecule has 2 saturated heterocycles. The number of rotatable bonds is 5. The largest absolute Gasteiger partial charge is 0.337 e. The Labute approximate surface area is 119 Å². The Morgan fingerprint density at radius 3 is 2.50 bits per heavy atom. The molecule has 0 aromatic carbocycles. The average Bonchev–Trinajstić information content (AvgIpc) is 2.95. The summed E-state index contributed by atoms with van der Waals surface area (Å²) in [5.41, 5.74) is 0. The van der Waals surface area contributed by atoms with Crippen LogP contribution in [0.5, 0.6) is 0 Å². The second-order valence-corrected chi connectivity index (χ2v) is 8.44. The fraction of sp³-hybridized carbons (Fsp3) is 0.929. The molecule has 0 unspecified atom stereocenters. The highest BCUT2D eigenvalue weighted by molar-refractivity contribution is 8.77. The van der Waals surface area contributed by atoms with E-state index in [1.165, 1.54) is 37.9 Å². The van der Waals surface area contributed by atoms with Gasteiger partial charge in [-0.05, 0) is 46.0 Å². The highest BCUT2D eigenvalue weighted by Crippen LogP contribution is 2.39. The molecule has 0 aromatic rings. The van der Waals surface area contributed by atoms with E-state index in [-0.39, 0.29) is 0 Å². The minimum Gasteiger partial charge on any atom is -0.337 e. The van der Waals surface area contributed by atoms with Crippen LogP contribution < -0.4 is 0 Å². The molecule has 1 amide bonds. The van der Waals surface area contributed by atoms with Gasteiger partial charge in [0.25, 0.3) is 0 Å². The van der Waals surface area contributed by atoms with Crippen molar-refractivity contribution in [1.29, 1.82) is 0 Å². The third kappa shape index (κ3) is 3.83. The first kappa shape index (κ1) is 14.6. The van der Waals surface area contributed by atoms with Crippen LogP contribution in [0.3, 0.4) is 0 Å². The van der Waals surface area contributed by atoms with Crippen molar-refractivity contribution >= 4 is 27.5 Å². The summed E-state index contributed by atoms with van der Waals surface area (Å²) in [4.78, 5) is 14.3. The number of likely N-dealkylation sites (tertiary alicyclic amines) is 1. The van der Waals surface area contributed by atoms with Crippen LogP contribution in [0.4, 0.5) is 0 Å². The number of amides is 1. The fourth-order valence-corrected chi connectivity index (χ4v) is 6.06. The van der Waals surface area contributed by atoms with Gasteiger partial charge < -0.3 is 4.90 Å². The lowest BCUT2D eigenvalue weighted by Gasteiger charge is -2.26. The van der Waals surface area contributed by atoms with Crippen LogP contribution >= 0.6 is 21.6 Å². The molecule has 3 atom stereocenters.